The predicted molar refractivity (Wildman–Crippen MR) is 83.0 cm³/mol. The van der Waals surface area contributed by atoms with Crippen LogP contribution in [0.25, 0.3) is 0 Å². The van der Waals surface area contributed by atoms with Crippen LogP contribution in [0, 0.1) is 23.3 Å². The molecule has 0 unspecified atom stereocenters. The number of carbonyl (C=O) groups excluding carboxylic acids is 1. The van der Waals surface area contributed by atoms with E-state index in [9.17, 15) is 22.4 Å². The number of rotatable bonds is 6. The molecule has 2 aromatic carbocycles. The van der Waals surface area contributed by atoms with E-state index >= 15 is 0 Å². The maximum absolute atomic E-state index is 13.7. The third-order valence-corrected chi connectivity index (χ3v) is 3.16. The second-order valence-electron chi connectivity index (χ2n) is 4.83. The molecule has 1 N–H and O–H groups in total. The molecule has 0 aliphatic carbocycles. The van der Waals surface area contributed by atoms with Crippen LogP contribution in [0.4, 0.5) is 23.2 Å². The Labute approximate surface area is 141 Å². The second-order valence-corrected chi connectivity index (χ2v) is 4.83. The van der Waals surface area contributed by atoms with Crippen molar-refractivity contribution in [1.29, 1.82) is 0 Å². The first-order chi connectivity index (χ1) is 11.9. The summed E-state index contributed by atoms with van der Waals surface area (Å²) in [5.41, 5.74) is -0.858. The van der Waals surface area contributed by atoms with Crippen LogP contribution in [0.1, 0.15) is 24.2 Å². The molecule has 2 aromatic rings. The summed E-state index contributed by atoms with van der Waals surface area (Å²) in [5.74, 6) is -8.00. The van der Waals surface area contributed by atoms with Crippen LogP contribution in [0.15, 0.2) is 24.3 Å². The Morgan fingerprint density at radius 1 is 0.960 bits per heavy atom. The zero-order valence-electron chi connectivity index (χ0n) is 13.5. The Morgan fingerprint density at radius 2 is 1.64 bits per heavy atom. The summed E-state index contributed by atoms with van der Waals surface area (Å²) in [6, 6.07) is 4.82. The van der Waals surface area contributed by atoms with Crippen LogP contribution < -0.4 is 14.8 Å². The molecular formula is C17H15F4NO3. The number of amides is 1. The highest BCUT2D eigenvalue weighted by Gasteiger charge is 2.23. The molecular weight excluding hydrogens is 342 g/mol. The predicted octanol–water partition coefficient (Wildman–Crippen LogP) is 4.29. The molecule has 2 rings (SSSR count). The third kappa shape index (κ3) is 4.01. The Morgan fingerprint density at radius 3 is 2.28 bits per heavy atom. The summed E-state index contributed by atoms with van der Waals surface area (Å²) in [4.78, 5) is 12.2. The average Bonchev–Trinajstić information content (AvgIpc) is 2.58. The van der Waals surface area contributed by atoms with E-state index in [4.69, 9.17) is 9.47 Å². The molecule has 25 heavy (non-hydrogen) atoms. The van der Waals surface area contributed by atoms with Gasteiger partial charge in [-0.15, -0.1) is 0 Å². The van der Waals surface area contributed by atoms with Crippen molar-refractivity contribution in [2.75, 3.05) is 18.5 Å². The maximum Gasteiger partial charge on any atom is 0.258 e. The lowest BCUT2D eigenvalue weighted by atomic mass is 10.1. The largest absolute Gasteiger partial charge is 0.494 e. The van der Waals surface area contributed by atoms with Crippen molar-refractivity contribution in [3.05, 3.63) is 53.1 Å². The maximum atomic E-state index is 13.7. The van der Waals surface area contributed by atoms with Crippen molar-refractivity contribution in [2.45, 2.75) is 13.8 Å². The Balaban J connectivity index is 2.38. The lowest BCUT2D eigenvalue weighted by molar-refractivity contribution is 0.102. The van der Waals surface area contributed by atoms with Gasteiger partial charge in [-0.3, -0.25) is 4.79 Å². The fraction of sp³-hybridized carbons (Fsp3) is 0.235. The quantitative estimate of drug-likeness (QED) is 0.477. The highest BCUT2D eigenvalue weighted by Crippen LogP contribution is 2.30. The van der Waals surface area contributed by atoms with Crippen molar-refractivity contribution >= 4 is 11.6 Å². The normalized spacial score (nSPS) is 10.5. The summed E-state index contributed by atoms with van der Waals surface area (Å²) in [6.07, 6.45) is 0. The molecule has 8 heteroatoms. The smallest absolute Gasteiger partial charge is 0.258 e. The number of carbonyl (C=O) groups is 1. The van der Waals surface area contributed by atoms with Crippen LogP contribution in [0.5, 0.6) is 11.5 Å². The molecule has 0 aromatic heterocycles. The second kappa shape index (κ2) is 7.87. The van der Waals surface area contributed by atoms with Crippen LogP contribution >= 0.6 is 0 Å². The zero-order valence-corrected chi connectivity index (χ0v) is 13.5. The molecule has 0 aliphatic heterocycles. The minimum absolute atomic E-state index is 0.113. The van der Waals surface area contributed by atoms with Gasteiger partial charge in [0.05, 0.1) is 24.5 Å². The lowest BCUT2D eigenvalue weighted by Crippen LogP contribution is -2.17. The van der Waals surface area contributed by atoms with Gasteiger partial charge in [0.2, 0.25) is 0 Å². The molecule has 0 atom stereocenters. The van der Waals surface area contributed by atoms with E-state index in [0.29, 0.717) is 12.4 Å². The molecule has 134 valence electrons. The molecule has 0 spiro atoms. The van der Waals surface area contributed by atoms with Gasteiger partial charge in [-0.2, -0.15) is 0 Å². The molecule has 0 fully saturated rings. The number of anilines is 1. The average molecular weight is 357 g/mol. The Kier molecular flexibility index (Phi) is 5.84. The van der Waals surface area contributed by atoms with Crippen molar-refractivity contribution < 1.29 is 31.8 Å². The van der Waals surface area contributed by atoms with Gasteiger partial charge in [-0.1, -0.05) is 0 Å². The van der Waals surface area contributed by atoms with Gasteiger partial charge < -0.3 is 14.8 Å². The molecule has 0 saturated carbocycles. The number of benzene rings is 2. The highest BCUT2D eigenvalue weighted by molar-refractivity contribution is 6.05. The summed E-state index contributed by atoms with van der Waals surface area (Å²) in [5, 5.41) is 2.29. The zero-order chi connectivity index (χ0) is 18.6. The Bertz CT molecular complexity index is 796. The number of hydrogen-bond donors (Lipinski definition) is 1. The number of nitrogens with one attached hydrogen (secondary N) is 1. The summed E-state index contributed by atoms with van der Waals surface area (Å²) >= 11 is 0. The number of ether oxygens (including phenoxy) is 2. The van der Waals surface area contributed by atoms with Crippen molar-refractivity contribution in [3.63, 3.8) is 0 Å². The van der Waals surface area contributed by atoms with Gasteiger partial charge in [-0.25, -0.2) is 17.6 Å². The summed E-state index contributed by atoms with van der Waals surface area (Å²) in [7, 11) is 0. The fourth-order valence-electron chi connectivity index (χ4n) is 2.07. The van der Waals surface area contributed by atoms with E-state index in [1.165, 1.54) is 12.1 Å². The van der Waals surface area contributed by atoms with Gasteiger partial charge in [0.25, 0.3) is 5.91 Å². The summed E-state index contributed by atoms with van der Waals surface area (Å²) < 4.78 is 64.0. The van der Waals surface area contributed by atoms with Gasteiger partial charge in [-0.05, 0) is 32.0 Å². The standard InChI is InChI=1S/C17H15F4NO3/c1-3-24-9-5-6-13(25-4-2)12(7-9)22-17(23)10-8-11(18)15(20)16(21)14(10)19/h5-8H,3-4H2,1-2H3,(H,22,23). The van der Waals surface area contributed by atoms with E-state index in [1.807, 2.05) is 0 Å². The van der Waals surface area contributed by atoms with E-state index in [0.717, 1.165) is 0 Å². The van der Waals surface area contributed by atoms with Crippen LogP contribution in [-0.4, -0.2) is 19.1 Å². The van der Waals surface area contributed by atoms with E-state index in [2.05, 4.69) is 5.32 Å². The topological polar surface area (TPSA) is 47.6 Å². The monoisotopic (exact) mass is 357 g/mol. The molecule has 0 heterocycles. The van der Waals surface area contributed by atoms with Crippen LogP contribution in [-0.2, 0) is 0 Å². The number of halogens is 4. The molecule has 0 bridgehead atoms. The minimum atomic E-state index is -2.06. The van der Waals surface area contributed by atoms with Crippen molar-refractivity contribution in [2.24, 2.45) is 0 Å². The van der Waals surface area contributed by atoms with Crippen LogP contribution in [0.2, 0.25) is 0 Å². The number of hydrogen-bond acceptors (Lipinski definition) is 3. The first-order valence-electron chi connectivity index (χ1n) is 7.43. The van der Waals surface area contributed by atoms with Gasteiger partial charge in [0.15, 0.2) is 23.3 Å². The lowest BCUT2D eigenvalue weighted by Gasteiger charge is -2.14. The van der Waals surface area contributed by atoms with Gasteiger partial charge in [0, 0.05) is 6.07 Å². The minimum Gasteiger partial charge on any atom is -0.494 e. The van der Waals surface area contributed by atoms with Gasteiger partial charge >= 0.3 is 0 Å². The molecule has 0 saturated heterocycles. The third-order valence-electron chi connectivity index (χ3n) is 3.16. The van der Waals surface area contributed by atoms with E-state index in [1.54, 1.807) is 19.9 Å². The van der Waals surface area contributed by atoms with E-state index < -0.39 is 34.7 Å². The molecule has 0 radical (unpaired) electrons. The highest BCUT2D eigenvalue weighted by atomic mass is 19.2. The van der Waals surface area contributed by atoms with Crippen molar-refractivity contribution in [1.82, 2.24) is 0 Å². The Hall–Kier alpha value is -2.77. The van der Waals surface area contributed by atoms with Crippen molar-refractivity contribution in [3.8, 4) is 11.5 Å². The molecule has 1 amide bonds. The first-order valence-corrected chi connectivity index (χ1v) is 7.43. The SMILES string of the molecule is CCOc1ccc(OCC)c(NC(=O)c2cc(F)c(F)c(F)c2F)c1. The van der Waals surface area contributed by atoms with E-state index in [-0.39, 0.29) is 24.1 Å². The molecule has 4 nitrogen and oxygen atoms in total. The first kappa shape index (κ1) is 18.6. The molecule has 0 aliphatic rings. The summed E-state index contributed by atoms with van der Waals surface area (Å²) in [6.45, 7) is 4.12. The fourth-order valence-corrected chi connectivity index (χ4v) is 2.07. The van der Waals surface area contributed by atoms with Gasteiger partial charge in [0.1, 0.15) is 11.5 Å². The van der Waals surface area contributed by atoms with Crippen LogP contribution in [0.3, 0.4) is 0 Å².